The number of pyridine rings is 2. The Morgan fingerprint density at radius 1 is 0.839 bits per heavy atom. The largest absolute Gasteiger partial charge is 0.309 e. The van der Waals surface area contributed by atoms with Crippen LogP contribution in [-0.4, -0.2) is 29.5 Å². The Labute approximate surface area is 182 Å². The van der Waals surface area contributed by atoms with Crippen LogP contribution >= 0.6 is 11.6 Å². The smallest absolute Gasteiger partial charge is 0.197 e. The van der Waals surface area contributed by atoms with E-state index >= 15 is 0 Å². The van der Waals surface area contributed by atoms with E-state index in [0.29, 0.717) is 17.2 Å². The molecule has 6 rings (SSSR count). The molecule has 148 valence electrons. The zero-order valence-corrected chi connectivity index (χ0v) is 17.0. The van der Waals surface area contributed by atoms with Crippen molar-refractivity contribution in [3.8, 4) is 11.3 Å². The maximum Gasteiger partial charge on any atom is 0.197 e. The molecule has 0 radical (unpaired) electrons. The summed E-state index contributed by atoms with van der Waals surface area (Å²) < 4.78 is 2.02. The number of fused-ring (bicyclic) bond motifs is 3. The molecule has 6 aromatic rings. The number of hydrogen-bond donors (Lipinski definition) is 0. The third-order valence-corrected chi connectivity index (χ3v) is 5.56. The topological polar surface area (TPSA) is 69.4 Å². The van der Waals surface area contributed by atoms with Gasteiger partial charge in [-0.1, -0.05) is 29.8 Å². The van der Waals surface area contributed by atoms with Crippen LogP contribution in [0.5, 0.6) is 0 Å². The van der Waals surface area contributed by atoms with Crippen LogP contribution in [0.2, 0.25) is 5.02 Å². The van der Waals surface area contributed by atoms with Crippen molar-refractivity contribution < 1.29 is 0 Å². The van der Waals surface area contributed by atoms with Crippen molar-refractivity contribution in [1.82, 2.24) is 29.5 Å². The van der Waals surface area contributed by atoms with Gasteiger partial charge in [-0.05, 0) is 42.0 Å². The van der Waals surface area contributed by atoms with E-state index in [2.05, 4.69) is 38.1 Å². The van der Waals surface area contributed by atoms with Crippen molar-refractivity contribution in [2.75, 3.05) is 0 Å². The Hall–Kier alpha value is -3.90. The molecular weight excluding hydrogens is 408 g/mol. The predicted molar refractivity (Wildman–Crippen MR) is 122 cm³/mol. The molecule has 0 N–H and O–H groups in total. The second kappa shape index (κ2) is 7.11. The summed E-state index contributed by atoms with van der Waals surface area (Å²) in [4.78, 5) is 22.7. The number of aromatic nitrogens is 6. The van der Waals surface area contributed by atoms with Gasteiger partial charge >= 0.3 is 0 Å². The molecule has 2 aromatic carbocycles. The van der Waals surface area contributed by atoms with E-state index in [-0.39, 0.29) is 0 Å². The molecule has 4 aromatic heterocycles. The van der Waals surface area contributed by atoms with E-state index in [1.165, 1.54) is 0 Å². The molecule has 7 heteroatoms. The summed E-state index contributed by atoms with van der Waals surface area (Å²) in [5.74, 6) is 0. The van der Waals surface area contributed by atoms with Crippen molar-refractivity contribution in [2.45, 2.75) is 6.54 Å². The van der Waals surface area contributed by atoms with Crippen LogP contribution in [0.1, 0.15) is 5.56 Å². The minimum absolute atomic E-state index is 0.618. The van der Waals surface area contributed by atoms with Gasteiger partial charge in [0.05, 0.1) is 35.8 Å². The highest BCUT2D eigenvalue weighted by Crippen LogP contribution is 2.28. The van der Waals surface area contributed by atoms with Gasteiger partial charge in [-0.2, -0.15) is 0 Å². The van der Waals surface area contributed by atoms with Crippen LogP contribution in [0.3, 0.4) is 0 Å². The number of halogens is 1. The third-order valence-electron chi connectivity index (χ3n) is 5.33. The maximum absolute atomic E-state index is 6.13. The van der Waals surface area contributed by atoms with Crippen molar-refractivity contribution in [1.29, 1.82) is 0 Å². The highest BCUT2D eigenvalue weighted by molar-refractivity contribution is 6.31. The molecule has 0 amide bonds. The quantitative estimate of drug-likeness (QED) is 0.387. The first-order chi connectivity index (χ1) is 15.2. The van der Waals surface area contributed by atoms with Crippen LogP contribution in [0, 0.1) is 0 Å². The molecule has 0 aliphatic heterocycles. The minimum Gasteiger partial charge on any atom is -0.309 e. The van der Waals surface area contributed by atoms with Crippen LogP contribution in [0.15, 0.2) is 79.5 Å². The Morgan fingerprint density at radius 2 is 1.77 bits per heavy atom. The summed E-state index contributed by atoms with van der Waals surface area (Å²) in [5, 5.41) is 2.74. The van der Waals surface area contributed by atoms with E-state index in [1.54, 1.807) is 24.9 Å². The molecule has 31 heavy (non-hydrogen) atoms. The van der Waals surface area contributed by atoms with E-state index < -0.39 is 0 Å². The first kappa shape index (κ1) is 17.9. The Bertz CT molecular complexity index is 1590. The van der Waals surface area contributed by atoms with Crippen LogP contribution in [0.4, 0.5) is 0 Å². The second-order valence-electron chi connectivity index (χ2n) is 7.33. The average Bonchev–Trinajstić information content (AvgIpc) is 3.20. The summed E-state index contributed by atoms with van der Waals surface area (Å²) in [5.41, 5.74) is 6.04. The first-order valence-corrected chi connectivity index (χ1v) is 10.2. The maximum atomic E-state index is 6.13. The summed E-state index contributed by atoms with van der Waals surface area (Å²) >= 11 is 6.13. The molecule has 0 saturated heterocycles. The zero-order chi connectivity index (χ0) is 20.8. The average molecular weight is 423 g/mol. The Morgan fingerprint density at radius 3 is 2.74 bits per heavy atom. The molecule has 0 fully saturated rings. The molecule has 0 aliphatic carbocycles. The monoisotopic (exact) mass is 422 g/mol. The zero-order valence-electron chi connectivity index (χ0n) is 16.3. The molecule has 4 heterocycles. The fourth-order valence-corrected chi connectivity index (χ4v) is 4.01. The molecule has 0 unspecified atom stereocenters. The molecule has 0 spiro atoms. The number of rotatable bonds is 3. The lowest BCUT2D eigenvalue weighted by atomic mass is 10.1. The molecular formula is C24H15ClN6. The van der Waals surface area contributed by atoms with Crippen molar-refractivity contribution in [3.05, 3.63) is 90.1 Å². The van der Waals surface area contributed by atoms with Gasteiger partial charge in [-0.3, -0.25) is 9.97 Å². The summed E-state index contributed by atoms with van der Waals surface area (Å²) in [6.07, 6.45) is 7.11. The van der Waals surface area contributed by atoms with Gasteiger partial charge in [0.2, 0.25) is 0 Å². The molecule has 0 bridgehead atoms. The van der Waals surface area contributed by atoms with Gasteiger partial charge in [-0.15, -0.1) is 0 Å². The Kier molecular flexibility index (Phi) is 4.11. The van der Waals surface area contributed by atoms with Crippen LogP contribution in [-0.2, 0) is 6.54 Å². The number of benzene rings is 2. The number of imidazole rings is 1. The van der Waals surface area contributed by atoms with Gasteiger partial charge in [0, 0.05) is 33.8 Å². The third kappa shape index (κ3) is 3.17. The summed E-state index contributed by atoms with van der Waals surface area (Å²) in [7, 11) is 0. The van der Waals surface area contributed by atoms with Crippen LogP contribution in [0.25, 0.3) is 44.4 Å². The summed E-state index contributed by atoms with van der Waals surface area (Å²) in [6, 6.07) is 17.9. The van der Waals surface area contributed by atoms with E-state index in [0.717, 1.165) is 44.3 Å². The first-order valence-electron chi connectivity index (χ1n) is 9.81. The second-order valence-corrected chi connectivity index (χ2v) is 7.76. The van der Waals surface area contributed by atoms with Gasteiger partial charge < -0.3 is 4.57 Å². The molecule has 0 saturated carbocycles. The summed E-state index contributed by atoms with van der Waals surface area (Å²) in [6.45, 7) is 0.645. The number of hydrogen-bond acceptors (Lipinski definition) is 5. The van der Waals surface area contributed by atoms with E-state index in [1.807, 2.05) is 41.0 Å². The lowest BCUT2D eigenvalue weighted by Gasteiger charge is -2.08. The standard InChI is InChI=1S/C24H15ClN6/c25-17-4-5-18-19(7-9-27-21(18)11-17)22-12-28-23-24(30-22)31(14-29-23)13-15-3-6-20-16(10-15)2-1-8-26-20/h1-12,14H,13H2. The highest BCUT2D eigenvalue weighted by atomic mass is 35.5. The van der Waals surface area contributed by atoms with Gasteiger partial charge in [0.1, 0.15) is 0 Å². The highest BCUT2D eigenvalue weighted by Gasteiger charge is 2.12. The fraction of sp³-hybridized carbons (Fsp3) is 0.0417. The van der Waals surface area contributed by atoms with Crippen molar-refractivity contribution in [3.63, 3.8) is 0 Å². The van der Waals surface area contributed by atoms with Crippen LogP contribution < -0.4 is 0 Å². The van der Waals surface area contributed by atoms with E-state index in [4.69, 9.17) is 16.6 Å². The van der Waals surface area contributed by atoms with E-state index in [9.17, 15) is 0 Å². The van der Waals surface area contributed by atoms with Crippen molar-refractivity contribution in [2.24, 2.45) is 0 Å². The lowest BCUT2D eigenvalue weighted by Crippen LogP contribution is -2.00. The van der Waals surface area contributed by atoms with Gasteiger partial charge in [-0.25, -0.2) is 15.0 Å². The Balaban J connectivity index is 1.44. The van der Waals surface area contributed by atoms with Gasteiger partial charge in [0.25, 0.3) is 0 Å². The molecule has 0 aliphatic rings. The van der Waals surface area contributed by atoms with Gasteiger partial charge in [0.15, 0.2) is 11.3 Å². The SMILES string of the molecule is Clc1ccc2c(-c3cnc4ncn(Cc5ccc6ncccc6c5)c4n3)ccnc2c1. The molecule has 6 nitrogen and oxygen atoms in total. The normalized spacial score (nSPS) is 11.5. The predicted octanol–water partition coefficient (Wildman–Crippen LogP) is 5.29. The fourth-order valence-electron chi connectivity index (χ4n) is 3.85. The molecule has 0 atom stereocenters. The van der Waals surface area contributed by atoms with Crippen molar-refractivity contribution >= 4 is 44.7 Å². The lowest BCUT2D eigenvalue weighted by molar-refractivity contribution is 0.815. The number of nitrogens with zero attached hydrogens (tertiary/aromatic N) is 6. The minimum atomic E-state index is 0.618.